The summed E-state index contributed by atoms with van der Waals surface area (Å²) in [5.74, 6) is 0.542. The SMILES string of the molecule is C=C1C2=C(C=CC(C)C2)C(c2ccc(C)cc2)(c2ccc(C)cc2)/C1=C/C=C\C.CC. The van der Waals surface area contributed by atoms with Crippen LogP contribution in [0.3, 0.4) is 0 Å². The van der Waals surface area contributed by atoms with Gasteiger partial charge in [-0.25, -0.2) is 0 Å². The van der Waals surface area contributed by atoms with Crippen LogP contribution in [-0.2, 0) is 5.41 Å². The van der Waals surface area contributed by atoms with Gasteiger partial charge < -0.3 is 0 Å². The zero-order valence-electron chi connectivity index (χ0n) is 20.0. The summed E-state index contributed by atoms with van der Waals surface area (Å²) in [5.41, 5.74) is 10.2. The van der Waals surface area contributed by atoms with Crippen molar-refractivity contribution in [3.63, 3.8) is 0 Å². The monoisotopic (exact) mass is 408 g/mol. The summed E-state index contributed by atoms with van der Waals surface area (Å²) in [6.07, 6.45) is 12.3. The Morgan fingerprint density at radius 3 is 1.90 bits per heavy atom. The first-order chi connectivity index (χ1) is 15.0. The van der Waals surface area contributed by atoms with Crippen LogP contribution in [0.2, 0.25) is 0 Å². The van der Waals surface area contributed by atoms with Crippen LogP contribution >= 0.6 is 0 Å². The molecule has 31 heavy (non-hydrogen) atoms. The number of benzene rings is 2. The summed E-state index contributed by atoms with van der Waals surface area (Å²) in [5, 5.41) is 0. The molecule has 1 unspecified atom stereocenters. The maximum atomic E-state index is 4.59. The Morgan fingerprint density at radius 1 is 0.903 bits per heavy atom. The predicted octanol–water partition coefficient (Wildman–Crippen LogP) is 8.58. The molecule has 0 radical (unpaired) electrons. The van der Waals surface area contributed by atoms with Gasteiger partial charge in [-0.05, 0) is 66.5 Å². The second-order valence-corrected chi connectivity index (χ2v) is 8.50. The van der Waals surface area contributed by atoms with E-state index < -0.39 is 0 Å². The highest BCUT2D eigenvalue weighted by Gasteiger charge is 2.48. The van der Waals surface area contributed by atoms with Crippen LogP contribution in [0, 0.1) is 19.8 Å². The average molecular weight is 409 g/mol. The van der Waals surface area contributed by atoms with Gasteiger partial charge >= 0.3 is 0 Å². The van der Waals surface area contributed by atoms with Gasteiger partial charge in [0.1, 0.15) is 0 Å². The van der Waals surface area contributed by atoms with Crippen molar-refractivity contribution in [2.75, 3.05) is 0 Å². The first-order valence-electron chi connectivity index (χ1n) is 11.6. The zero-order chi connectivity index (χ0) is 22.6. The van der Waals surface area contributed by atoms with E-state index in [0.717, 1.165) is 6.42 Å². The van der Waals surface area contributed by atoms with Gasteiger partial charge in [-0.3, -0.25) is 0 Å². The van der Waals surface area contributed by atoms with Crippen molar-refractivity contribution in [2.24, 2.45) is 5.92 Å². The Hall–Kier alpha value is -2.86. The molecule has 0 saturated heterocycles. The Labute approximate surface area is 189 Å². The summed E-state index contributed by atoms with van der Waals surface area (Å²) in [6, 6.07) is 18.1. The Balaban J connectivity index is 0.00000132. The maximum Gasteiger partial charge on any atom is 0.0710 e. The van der Waals surface area contributed by atoms with Crippen molar-refractivity contribution in [3.8, 4) is 0 Å². The van der Waals surface area contributed by atoms with Gasteiger partial charge in [0.2, 0.25) is 0 Å². The van der Waals surface area contributed by atoms with Crippen LogP contribution < -0.4 is 0 Å². The molecule has 0 amide bonds. The van der Waals surface area contributed by atoms with Crippen LogP contribution in [0.15, 0.2) is 108 Å². The van der Waals surface area contributed by atoms with E-state index in [-0.39, 0.29) is 5.41 Å². The fourth-order valence-corrected chi connectivity index (χ4v) is 4.85. The van der Waals surface area contributed by atoms with Gasteiger partial charge in [-0.2, -0.15) is 0 Å². The smallest absolute Gasteiger partial charge is 0.0710 e. The molecule has 0 heteroatoms. The Morgan fingerprint density at radius 2 is 1.42 bits per heavy atom. The van der Waals surface area contributed by atoms with Crippen molar-refractivity contribution in [1.82, 2.24) is 0 Å². The van der Waals surface area contributed by atoms with Gasteiger partial charge in [0.25, 0.3) is 0 Å². The van der Waals surface area contributed by atoms with Gasteiger partial charge in [-0.15, -0.1) is 0 Å². The third-order valence-corrected chi connectivity index (χ3v) is 6.36. The molecule has 4 rings (SSSR count). The van der Waals surface area contributed by atoms with Gasteiger partial charge in [0.05, 0.1) is 5.41 Å². The summed E-state index contributed by atoms with van der Waals surface area (Å²) in [7, 11) is 0. The highest BCUT2D eigenvalue weighted by atomic mass is 14.5. The van der Waals surface area contributed by atoms with Crippen LogP contribution in [0.4, 0.5) is 0 Å². The topological polar surface area (TPSA) is 0 Å². The van der Waals surface area contributed by atoms with Gasteiger partial charge in [-0.1, -0.05) is 117 Å². The molecular formula is C31H36. The largest absolute Gasteiger partial charge is 0.0911 e. The highest BCUT2D eigenvalue weighted by Crippen LogP contribution is 2.58. The van der Waals surface area contributed by atoms with Crippen molar-refractivity contribution in [2.45, 2.75) is 53.4 Å². The van der Waals surface area contributed by atoms with E-state index in [9.17, 15) is 0 Å². The van der Waals surface area contributed by atoms with E-state index >= 15 is 0 Å². The number of aryl methyl sites for hydroxylation is 2. The first-order valence-corrected chi connectivity index (χ1v) is 11.6. The van der Waals surface area contributed by atoms with Crippen molar-refractivity contribution in [3.05, 3.63) is 130 Å². The minimum absolute atomic E-state index is 0.316. The molecule has 0 bridgehead atoms. The summed E-state index contributed by atoms with van der Waals surface area (Å²) < 4.78 is 0. The molecular weight excluding hydrogens is 372 g/mol. The van der Waals surface area contributed by atoms with Crippen molar-refractivity contribution in [1.29, 1.82) is 0 Å². The highest BCUT2D eigenvalue weighted by molar-refractivity contribution is 5.76. The zero-order valence-corrected chi connectivity index (χ0v) is 20.0. The van der Waals surface area contributed by atoms with Crippen LogP contribution in [-0.4, -0.2) is 0 Å². The number of hydrogen-bond acceptors (Lipinski definition) is 0. The Kier molecular flexibility index (Phi) is 7.01. The van der Waals surface area contributed by atoms with Gasteiger partial charge in [0.15, 0.2) is 0 Å². The molecule has 2 aliphatic rings. The lowest BCUT2D eigenvalue weighted by Crippen LogP contribution is -2.30. The molecule has 0 aliphatic heterocycles. The van der Waals surface area contributed by atoms with Crippen LogP contribution in [0.25, 0.3) is 0 Å². The summed E-state index contributed by atoms with van der Waals surface area (Å²) in [4.78, 5) is 0. The van der Waals surface area contributed by atoms with Gasteiger partial charge in [0, 0.05) is 0 Å². The molecule has 0 heterocycles. The standard InChI is InChI=1S/C29H30.C2H6/c1-6-7-8-27-23(5)26-19-22(4)13-18-28(26)29(27,24-14-9-20(2)10-15-24)25-16-11-21(3)12-17-25;1-2/h6-18,22H,5,19H2,1-4H3;1-2H3/b7-6-,27-8+;. The second kappa shape index (κ2) is 9.52. The molecule has 160 valence electrons. The molecule has 2 aromatic rings. The third kappa shape index (κ3) is 3.92. The lowest BCUT2D eigenvalue weighted by Gasteiger charge is -2.36. The number of hydrogen-bond donors (Lipinski definition) is 0. The molecule has 1 atom stereocenters. The minimum atomic E-state index is -0.316. The lowest BCUT2D eigenvalue weighted by molar-refractivity contribution is 0.692. The molecule has 0 aromatic heterocycles. The van der Waals surface area contributed by atoms with E-state index in [1.54, 1.807) is 0 Å². The number of allylic oxidation sites excluding steroid dienone is 9. The molecule has 2 aliphatic carbocycles. The van der Waals surface area contributed by atoms with E-state index in [0.29, 0.717) is 5.92 Å². The fraction of sp³-hybridized carbons (Fsp3) is 0.290. The lowest BCUT2D eigenvalue weighted by atomic mass is 9.65. The van der Waals surface area contributed by atoms with Crippen LogP contribution in [0.1, 0.15) is 56.4 Å². The Bertz CT molecular complexity index is 1000. The maximum absolute atomic E-state index is 4.59. The van der Waals surface area contributed by atoms with Crippen molar-refractivity contribution < 1.29 is 0 Å². The van der Waals surface area contributed by atoms with E-state index in [1.807, 2.05) is 13.8 Å². The molecule has 2 aromatic carbocycles. The fourth-order valence-electron chi connectivity index (χ4n) is 4.85. The minimum Gasteiger partial charge on any atom is -0.0911 e. The number of rotatable bonds is 3. The molecule has 0 nitrogen and oxygen atoms in total. The molecule has 0 saturated carbocycles. The van der Waals surface area contributed by atoms with Crippen LogP contribution in [0.5, 0.6) is 0 Å². The molecule has 0 N–H and O–H groups in total. The van der Waals surface area contributed by atoms with E-state index in [2.05, 4.69) is 113 Å². The second-order valence-electron chi connectivity index (χ2n) is 8.50. The average Bonchev–Trinajstić information content (AvgIpc) is 3.03. The quantitative estimate of drug-likeness (QED) is 0.477. The molecule has 0 fully saturated rings. The summed E-state index contributed by atoms with van der Waals surface area (Å²) >= 11 is 0. The van der Waals surface area contributed by atoms with E-state index in [4.69, 9.17) is 0 Å². The normalized spacial score (nSPS) is 20.8. The molecule has 0 spiro atoms. The third-order valence-electron chi connectivity index (χ3n) is 6.36. The first kappa shape index (κ1) is 22.8. The summed E-state index contributed by atoms with van der Waals surface area (Å²) in [6.45, 7) is 17.3. The predicted molar refractivity (Wildman–Crippen MR) is 136 cm³/mol. The van der Waals surface area contributed by atoms with E-state index in [1.165, 1.54) is 44.5 Å². The van der Waals surface area contributed by atoms with Crippen molar-refractivity contribution >= 4 is 0 Å².